The lowest BCUT2D eigenvalue weighted by Crippen LogP contribution is -2.12. The molecule has 0 heterocycles. The van der Waals surface area contributed by atoms with E-state index in [2.05, 4.69) is 0 Å². The van der Waals surface area contributed by atoms with Gasteiger partial charge >= 0.3 is 0 Å². The van der Waals surface area contributed by atoms with Crippen LogP contribution in [0.15, 0.2) is 48.5 Å². The van der Waals surface area contributed by atoms with Crippen molar-refractivity contribution in [3.05, 3.63) is 59.7 Å². The second-order valence-corrected chi connectivity index (χ2v) is 7.74. The SMILES string of the molecule is Cc1cccc(P(=O)(Cl)c2cccc(C)c2)c1. The molecular weight excluding hydrogens is 251 g/mol. The minimum absolute atomic E-state index is 0.699. The molecule has 0 amide bonds. The lowest BCUT2D eigenvalue weighted by molar-refractivity contribution is 0.595. The molecular formula is C14H14ClOP. The molecule has 0 saturated carbocycles. The number of rotatable bonds is 2. The van der Waals surface area contributed by atoms with Crippen LogP contribution in [0.3, 0.4) is 0 Å². The van der Waals surface area contributed by atoms with E-state index in [0.717, 1.165) is 11.1 Å². The standard InChI is InChI=1S/C14H14ClOP/c1-11-5-3-7-13(9-11)17(15,16)14-8-4-6-12(2)10-14/h3-10H,1-2H3. The number of benzene rings is 2. The number of hydrogen-bond acceptors (Lipinski definition) is 1. The summed E-state index contributed by atoms with van der Waals surface area (Å²) in [5, 5.41) is 1.40. The molecule has 0 unspecified atom stereocenters. The van der Waals surface area contributed by atoms with Crippen LogP contribution in [0.2, 0.25) is 0 Å². The molecule has 3 heteroatoms. The summed E-state index contributed by atoms with van der Waals surface area (Å²) in [6.45, 7) is 0.959. The van der Waals surface area contributed by atoms with E-state index in [4.69, 9.17) is 11.2 Å². The molecule has 0 radical (unpaired) electrons. The molecule has 2 rings (SSSR count). The fourth-order valence-electron chi connectivity index (χ4n) is 1.76. The third-order valence-corrected chi connectivity index (χ3v) is 5.72. The highest BCUT2D eigenvalue weighted by Gasteiger charge is 2.24. The predicted octanol–water partition coefficient (Wildman–Crippen LogP) is 3.77. The van der Waals surface area contributed by atoms with Crippen molar-refractivity contribution in [2.45, 2.75) is 13.8 Å². The number of halogens is 1. The minimum Gasteiger partial charge on any atom is -0.296 e. The van der Waals surface area contributed by atoms with Gasteiger partial charge in [0.2, 0.25) is 6.49 Å². The van der Waals surface area contributed by atoms with Gasteiger partial charge in [-0.25, -0.2) is 0 Å². The van der Waals surface area contributed by atoms with Gasteiger partial charge in [-0.2, -0.15) is 0 Å². The summed E-state index contributed by atoms with van der Waals surface area (Å²) < 4.78 is 12.7. The van der Waals surface area contributed by atoms with Crippen LogP contribution in [0.1, 0.15) is 11.1 Å². The Balaban J connectivity index is 2.53. The molecule has 0 aliphatic carbocycles. The van der Waals surface area contributed by atoms with E-state index in [1.165, 1.54) is 0 Å². The Morgan fingerprint density at radius 3 is 1.65 bits per heavy atom. The van der Waals surface area contributed by atoms with E-state index in [1.54, 1.807) is 0 Å². The number of hydrogen-bond donors (Lipinski definition) is 0. The van der Waals surface area contributed by atoms with Crippen molar-refractivity contribution < 1.29 is 4.57 Å². The first kappa shape index (κ1) is 12.4. The fourth-order valence-corrected chi connectivity index (χ4v) is 3.99. The summed E-state index contributed by atoms with van der Waals surface area (Å²) in [5.74, 6) is 0. The van der Waals surface area contributed by atoms with Crippen LogP contribution in [0, 0.1) is 13.8 Å². The molecule has 2 aromatic carbocycles. The molecule has 1 nitrogen and oxygen atoms in total. The monoisotopic (exact) mass is 264 g/mol. The van der Waals surface area contributed by atoms with Gasteiger partial charge in [0.05, 0.1) is 0 Å². The third kappa shape index (κ3) is 2.62. The molecule has 0 saturated heterocycles. The Kier molecular flexibility index (Phi) is 3.42. The van der Waals surface area contributed by atoms with Crippen LogP contribution >= 0.6 is 17.7 Å². The van der Waals surface area contributed by atoms with Gasteiger partial charge in [0, 0.05) is 10.6 Å². The summed E-state index contributed by atoms with van der Waals surface area (Å²) in [4.78, 5) is 0. The predicted molar refractivity (Wildman–Crippen MR) is 75.1 cm³/mol. The number of aryl methyl sites for hydroxylation is 2. The third-order valence-electron chi connectivity index (χ3n) is 2.67. The van der Waals surface area contributed by atoms with Crippen molar-refractivity contribution in [2.75, 3.05) is 0 Å². The zero-order valence-corrected chi connectivity index (χ0v) is 11.5. The molecule has 0 aliphatic heterocycles. The minimum atomic E-state index is -2.98. The van der Waals surface area contributed by atoms with Gasteiger partial charge in [0.25, 0.3) is 0 Å². The second kappa shape index (κ2) is 4.68. The van der Waals surface area contributed by atoms with Crippen molar-refractivity contribution in [3.8, 4) is 0 Å². The van der Waals surface area contributed by atoms with E-state index < -0.39 is 6.49 Å². The molecule has 17 heavy (non-hydrogen) atoms. The quantitative estimate of drug-likeness (QED) is 0.755. The first-order chi connectivity index (χ1) is 8.00. The summed E-state index contributed by atoms with van der Waals surface area (Å²) in [6.07, 6.45) is 0. The van der Waals surface area contributed by atoms with Crippen LogP contribution in [-0.4, -0.2) is 0 Å². The van der Waals surface area contributed by atoms with Gasteiger partial charge in [0.15, 0.2) is 0 Å². The average molecular weight is 265 g/mol. The molecule has 0 bridgehead atoms. The summed E-state index contributed by atoms with van der Waals surface area (Å²) >= 11 is 6.29. The highest BCUT2D eigenvalue weighted by Crippen LogP contribution is 2.48. The van der Waals surface area contributed by atoms with E-state index in [0.29, 0.717) is 10.6 Å². The van der Waals surface area contributed by atoms with Crippen LogP contribution in [0.25, 0.3) is 0 Å². The van der Waals surface area contributed by atoms with Crippen molar-refractivity contribution >= 4 is 28.3 Å². The molecule has 2 aromatic rings. The topological polar surface area (TPSA) is 17.1 Å². The van der Waals surface area contributed by atoms with Crippen molar-refractivity contribution in [2.24, 2.45) is 0 Å². The van der Waals surface area contributed by atoms with Gasteiger partial charge in [-0.1, -0.05) is 35.4 Å². The fraction of sp³-hybridized carbons (Fsp3) is 0.143. The Hall–Kier alpha value is -1.04. The molecule has 0 aliphatic rings. The van der Waals surface area contributed by atoms with Crippen molar-refractivity contribution in [1.82, 2.24) is 0 Å². The molecule has 0 aromatic heterocycles. The Morgan fingerprint density at radius 2 is 1.29 bits per heavy atom. The smallest absolute Gasteiger partial charge is 0.225 e. The largest absolute Gasteiger partial charge is 0.296 e. The van der Waals surface area contributed by atoms with E-state index in [1.807, 2.05) is 62.4 Å². The molecule has 0 fully saturated rings. The summed E-state index contributed by atoms with van der Waals surface area (Å²) in [6, 6.07) is 15.1. The van der Waals surface area contributed by atoms with Crippen LogP contribution in [0.5, 0.6) is 0 Å². The van der Waals surface area contributed by atoms with Crippen LogP contribution in [0.4, 0.5) is 0 Å². The first-order valence-corrected chi connectivity index (χ1v) is 8.05. The maximum absolute atomic E-state index is 12.7. The maximum Gasteiger partial charge on any atom is 0.225 e. The molecule has 0 atom stereocenters. The summed E-state index contributed by atoms with van der Waals surface area (Å²) in [7, 11) is 0. The normalized spacial score (nSPS) is 11.5. The van der Waals surface area contributed by atoms with Gasteiger partial charge in [-0.3, -0.25) is 4.57 Å². The van der Waals surface area contributed by atoms with Crippen molar-refractivity contribution in [3.63, 3.8) is 0 Å². The second-order valence-electron chi connectivity index (χ2n) is 4.21. The van der Waals surface area contributed by atoms with Gasteiger partial charge in [-0.15, -0.1) is 0 Å². The Bertz CT molecular complexity index is 543. The highest BCUT2D eigenvalue weighted by molar-refractivity contribution is 8.00. The molecule has 0 spiro atoms. The average Bonchev–Trinajstić information content (AvgIpc) is 2.29. The van der Waals surface area contributed by atoms with E-state index in [-0.39, 0.29) is 0 Å². The van der Waals surface area contributed by atoms with Gasteiger partial charge in [0.1, 0.15) is 0 Å². The van der Waals surface area contributed by atoms with Gasteiger partial charge < -0.3 is 0 Å². The zero-order valence-electron chi connectivity index (χ0n) is 9.85. The van der Waals surface area contributed by atoms with E-state index in [9.17, 15) is 4.57 Å². The Labute approximate surface area is 107 Å². The lowest BCUT2D eigenvalue weighted by atomic mass is 10.2. The van der Waals surface area contributed by atoms with Crippen molar-refractivity contribution in [1.29, 1.82) is 0 Å². The summed E-state index contributed by atoms with van der Waals surface area (Å²) in [5.41, 5.74) is 2.13. The zero-order chi connectivity index (χ0) is 12.5. The first-order valence-electron chi connectivity index (χ1n) is 5.44. The van der Waals surface area contributed by atoms with Crippen LogP contribution < -0.4 is 10.6 Å². The highest BCUT2D eigenvalue weighted by atomic mass is 35.7. The lowest BCUT2D eigenvalue weighted by Gasteiger charge is -2.12. The van der Waals surface area contributed by atoms with E-state index >= 15 is 0 Å². The molecule has 88 valence electrons. The van der Waals surface area contributed by atoms with Crippen LogP contribution in [-0.2, 0) is 4.57 Å². The van der Waals surface area contributed by atoms with Gasteiger partial charge in [-0.05, 0) is 49.4 Å². The maximum atomic E-state index is 12.7. The Morgan fingerprint density at radius 1 is 0.882 bits per heavy atom. The molecule has 0 N–H and O–H groups in total.